The molecule has 0 aliphatic rings. The summed E-state index contributed by atoms with van der Waals surface area (Å²) in [5, 5.41) is 0. The number of unbranched alkanes of at least 4 members (excludes halogenated alkanes) is 2. The predicted octanol–water partition coefficient (Wildman–Crippen LogP) is 5.11. The summed E-state index contributed by atoms with van der Waals surface area (Å²) >= 11 is 0. The van der Waals surface area contributed by atoms with Crippen molar-refractivity contribution >= 4 is 0 Å². The van der Waals surface area contributed by atoms with Gasteiger partial charge >= 0.3 is 0 Å². The largest absolute Gasteiger partial charge is 0.490 e. The number of benzene rings is 1. The number of ether oxygens (including phenoxy) is 1. The molecule has 0 unspecified atom stereocenters. The van der Waals surface area contributed by atoms with Crippen molar-refractivity contribution in [1.29, 1.82) is 0 Å². The number of rotatable bonds is 8. The molecule has 0 spiro atoms. The highest BCUT2D eigenvalue weighted by atomic mass is 16.5. The molecule has 18 heavy (non-hydrogen) atoms. The lowest BCUT2D eigenvalue weighted by molar-refractivity contribution is 0.362. The Balaban J connectivity index is 2.61. The monoisotopic (exact) mass is 246 g/mol. The molecule has 1 nitrogen and oxygen atoms in total. The van der Waals surface area contributed by atoms with Gasteiger partial charge in [0.25, 0.3) is 0 Å². The molecule has 0 radical (unpaired) electrons. The van der Waals surface area contributed by atoms with Gasteiger partial charge in [-0.05, 0) is 29.5 Å². The van der Waals surface area contributed by atoms with Crippen LogP contribution in [0.1, 0.15) is 52.0 Å². The van der Waals surface area contributed by atoms with Gasteiger partial charge in [0.15, 0.2) is 0 Å². The summed E-state index contributed by atoms with van der Waals surface area (Å²) in [6.45, 7) is 11.1. The molecular formula is C17H26O. The first-order chi connectivity index (χ1) is 8.60. The molecule has 1 rings (SSSR count). The second kappa shape index (κ2) is 7.25. The second-order valence-corrected chi connectivity index (χ2v) is 5.47. The highest BCUT2D eigenvalue weighted by molar-refractivity contribution is 5.31. The molecule has 1 heteroatoms. The lowest BCUT2D eigenvalue weighted by Gasteiger charge is -2.25. The van der Waals surface area contributed by atoms with Crippen LogP contribution >= 0.6 is 0 Å². The molecule has 100 valence electrons. The fourth-order valence-electron chi connectivity index (χ4n) is 2.12. The number of hydrogen-bond donors (Lipinski definition) is 0. The Bertz CT molecular complexity index is 348. The molecule has 0 aliphatic carbocycles. The number of hydrogen-bond acceptors (Lipinski definition) is 1. The van der Waals surface area contributed by atoms with Crippen molar-refractivity contribution in [1.82, 2.24) is 0 Å². The first-order valence-corrected chi connectivity index (χ1v) is 6.94. The van der Waals surface area contributed by atoms with Gasteiger partial charge in [-0.1, -0.05) is 64.8 Å². The van der Waals surface area contributed by atoms with Crippen molar-refractivity contribution in [2.75, 3.05) is 6.61 Å². The lowest BCUT2D eigenvalue weighted by atomic mass is 9.80. The van der Waals surface area contributed by atoms with Gasteiger partial charge in [0.2, 0.25) is 0 Å². The summed E-state index contributed by atoms with van der Waals surface area (Å²) in [7, 11) is 0. The highest BCUT2D eigenvalue weighted by Gasteiger charge is 2.19. The fourth-order valence-corrected chi connectivity index (χ4v) is 2.12. The molecule has 0 saturated carbocycles. The average Bonchev–Trinajstić information content (AvgIpc) is 2.37. The van der Waals surface area contributed by atoms with Crippen LogP contribution in [0.5, 0.6) is 5.75 Å². The maximum absolute atomic E-state index is 5.50. The van der Waals surface area contributed by atoms with Crippen LogP contribution in [-0.2, 0) is 5.41 Å². The summed E-state index contributed by atoms with van der Waals surface area (Å²) < 4.78 is 5.50. The highest BCUT2D eigenvalue weighted by Crippen LogP contribution is 2.30. The van der Waals surface area contributed by atoms with Crippen LogP contribution in [0, 0.1) is 0 Å². The van der Waals surface area contributed by atoms with E-state index in [1.165, 1.54) is 31.2 Å². The van der Waals surface area contributed by atoms with Gasteiger partial charge in [-0.25, -0.2) is 0 Å². The van der Waals surface area contributed by atoms with E-state index in [2.05, 4.69) is 51.6 Å². The molecule has 0 heterocycles. The van der Waals surface area contributed by atoms with Gasteiger partial charge in [-0.2, -0.15) is 0 Å². The normalized spacial score (nSPS) is 11.3. The molecule has 1 aromatic rings. The van der Waals surface area contributed by atoms with Gasteiger partial charge in [-0.15, -0.1) is 0 Å². The lowest BCUT2D eigenvalue weighted by Crippen LogP contribution is -2.16. The Morgan fingerprint density at radius 3 is 2.39 bits per heavy atom. The van der Waals surface area contributed by atoms with E-state index in [4.69, 9.17) is 4.74 Å². The van der Waals surface area contributed by atoms with E-state index >= 15 is 0 Å². The van der Waals surface area contributed by atoms with Crippen LogP contribution in [-0.4, -0.2) is 6.61 Å². The first-order valence-electron chi connectivity index (χ1n) is 6.94. The minimum atomic E-state index is 0.256. The molecule has 0 amide bonds. The van der Waals surface area contributed by atoms with Crippen LogP contribution in [0.4, 0.5) is 0 Å². The van der Waals surface area contributed by atoms with Crippen LogP contribution in [0.15, 0.2) is 36.9 Å². The van der Waals surface area contributed by atoms with E-state index < -0.39 is 0 Å². The average molecular weight is 246 g/mol. The Labute approximate surface area is 112 Å². The van der Waals surface area contributed by atoms with Gasteiger partial charge in [0.05, 0.1) is 0 Å². The quantitative estimate of drug-likeness (QED) is 0.457. The maximum Gasteiger partial charge on any atom is 0.119 e. The van der Waals surface area contributed by atoms with E-state index in [0.29, 0.717) is 6.61 Å². The topological polar surface area (TPSA) is 9.23 Å². The molecule has 0 aliphatic heterocycles. The van der Waals surface area contributed by atoms with E-state index in [1.807, 2.05) is 0 Å². The fraction of sp³-hybridized carbons (Fsp3) is 0.529. The minimum absolute atomic E-state index is 0.256. The molecule has 0 bridgehead atoms. The summed E-state index contributed by atoms with van der Waals surface area (Å²) in [6, 6.07) is 8.48. The van der Waals surface area contributed by atoms with Crippen molar-refractivity contribution < 1.29 is 4.74 Å². The van der Waals surface area contributed by atoms with Crippen LogP contribution < -0.4 is 4.74 Å². The molecular weight excluding hydrogens is 220 g/mol. The van der Waals surface area contributed by atoms with Crippen LogP contribution in [0.25, 0.3) is 0 Å². The zero-order valence-corrected chi connectivity index (χ0v) is 12.0. The predicted molar refractivity (Wildman–Crippen MR) is 79.3 cm³/mol. The van der Waals surface area contributed by atoms with Gasteiger partial charge in [0.1, 0.15) is 12.4 Å². The van der Waals surface area contributed by atoms with E-state index in [9.17, 15) is 0 Å². The third kappa shape index (κ3) is 4.56. The van der Waals surface area contributed by atoms with E-state index in [1.54, 1.807) is 6.08 Å². The second-order valence-electron chi connectivity index (χ2n) is 5.47. The molecule has 0 saturated heterocycles. The maximum atomic E-state index is 5.50. The van der Waals surface area contributed by atoms with Gasteiger partial charge < -0.3 is 4.74 Å². The molecule has 0 atom stereocenters. The van der Waals surface area contributed by atoms with Crippen LogP contribution in [0.3, 0.4) is 0 Å². The van der Waals surface area contributed by atoms with Crippen molar-refractivity contribution in [3.05, 3.63) is 42.5 Å². The Kier molecular flexibility index (Phi) is 5.97. The van der Waals surface area contributed by atoms with Gasteiger partial charge in [0, 0.05) is 0 Å². The summed E-state index contributed by atoms with van der Waals surface area (Å²) in [4.78, 5) is 0. The third-order valence-electron chi connectivity index (χ3n) is 3.41. The van der Waals surface area contributed by atoms with Crippen molar-refractivity contribution in [2.24, 2.45) is 0 Å². The molecule has 0 N–H and O–H groups in total. The summed E-state index contributed by atoms with van der Waals surface area (Å²) in [5.74, 6) is 0.919. The molecule has 0 fully saturated rings. The zero-order valence-electron chi connectivity index (χ0n) is 12.0. The Hall–Kier alpha value is -1.24. The first kappa shape index (κ1) is 14.8. The van der Waals surface area contributed by atoms with E-state index in [0.717, 1.165) is 5.75 Å². The summed E-state index contributed by atoms with van der Waals surface area (Å²) in [5.41, 5.74) is 1.65. The zero-order chi connectivity index (χ0) is 13.4. The smallest absolute Gasteiger partial charge is 0.119 e. The standard InChI is InChI=1S/C17H26O/c1-5-7-8-13-17(3,4)15-9-11-16(12-10-15)18-14-6-2/h6,9-12H,2,5,7-8,13-14H2,1,3-4H3. The van der Waals surface area contributed by atoms with E-state index in [-0.39, 0.29) is 5.41 Å². The molecule has 0 aromatic heterocycles. The van der Waals surface area contributed by atoms with Crippen molar-refractivity contribution in [3.63, 3.8) is 0 Å². The van der Waals surface area contributed by atoms with Crippen molar-refractivity contribution in [3.8, 4) is 5.75 Å². The van der Waals surface area contributed by atoms with Crippen molar-refractivity contribution in [2.45, 2.75) is 51.9 Å². The minimum Gasteiger partial charge on any atom is -0.490 e. The van der Waals surface area contributed by atoms with Gasteiger partial charge in [-0.3, -0.25) is 0 Å². The third-order valence-corrected chi connectivity index (χ3v) is 3.41. The molecule has 1 aromatic carbocycles. The summed E-state index contributed by atoms with van der Waals surface area (Å²) in [6.07, 6.45) is 6.92. The SMILES string of the molecule is C=CCOc1ccc(C(C)(C)CCCCC)cc1. The Morgan fingerprint density at radius 1 is 1.17 bits per heavy atom. The van der Waals surface area contributed by atoms with Crippen LogP contribution in [0.2, 0.25) is 0 Å². The Morgan fingerprint density at radius 2 is 1.83 bits per heavy atom.